The zero-order valence-electron chi connectivity index (χ0n) is 53.2. The topological polar surface area (TPSA) is 53.9 Å². The zero-order chi connectivity index (χ0) is 62.0. The molecule has 7 heteroatoms. The van der Waals surface area contributed by atoms with Crippen LogP contribution < -0.4 is 9.30 Å². The first-order valence-corrected chi connectivity index (χ1v) is 27.7. The number of benzene rings is 11. The molecule has 83 heavy (non-hydrogen) atoms. The Kier molecular flexibility index (Phi) is 8.52. The second kappa shape index (κ2) is 17.9. The molecule has 0 spiro atoms. The van der Waals surface area contributed by atoms with Gasteiger partial charge in [0.2, 0.25) is 0 Å². The van der Waals surface area contributed by atoms with Gasteiger partial charge in [-0.25, -0.2) is 4.98 Å². The molecule has 6 heterocycles. The summed E-state index contributed by atoms with van der Waals surface area (Å²) in [5, 5.41) is 5.90. The van der Waals surface area contributed by atoms with Crippen LogP contribution in [0.5, 0.6) is 11.5 Å². The van der Waals surface area contributed by atoms with Crippen molar-refractivity contribution in [1.82, 2.24) is 18.7 Å². The van der Waals surface area contributed by atoms with Crippen LogP contribution >= 0.6 is 0 Å². The quantitative estimate of drug-likeness (QED) is 0.123. The fraction of sp³-hybridized carbons (Fsp3) is 0.0526. The van der Waals surface area contributed by atoms with Crippen molar-refractivity contribution in [1.29, 1.82) is 0 Å². The Labute approximate surface area is 489 Å². The molecule has 1 aliphatic rings. The van der Waals surface area contributed by atoms with Crippen LogP contribution in [0.3, 0.4) is 0 Å². The van der Waals surface area contributed by atoms with Gasteiger partial charge in [-0.15, -0.1) is 0 Å². The van der Waals surface area contributed by atoms with Crippen LogP contribution in [0.25, 0.3) is 144 Å². The van der Waals surface area contributed by atoms with E-state index in [4.69, 9.17) is 14.1 Å². The zero-order valence-corrected chi connectivity index (χ0v) is 45.2. The van der Waals surface area contributed by atoms with Gasteiger partial charge >= 0.3 is 0 Å². The number of aromatic nitrogens is 5. The van der Waals surface area contributed by atoms with Crippen LogP contribution in [-0.2, 0) is 5.41 Å². The fourth-order valence-corrected chi connectivity index (χ4v) is 12.7. The highest BCUT2D eigenvalue weighted by Crippen LogP contribution is 2.47. The van der Waals surface area contributed by atoms with Gasteiger partial charge in [0, 0.05) is 44.6 Å². The van der Waals surface area contributed by atoms with Crippen molar-refractivity contribution < 1.29 is 24.7 Å². The van der Waals surface area contributed by atoms with Crippen molar-refractivity contribution in [2.45, 2.75) is 26.2 Å². The number of ether oxygens (including phenoxy) is 1. The molecule has 0 unspecified atom stereocenters. The first kappa shape index (κ1) is 39.6. The van der Waals surface area contributed by atoms with E-state index in [1.165, 1.54) is 0 Å². The maximum Gasteiger partial charge on any atom is 0.269 e. The van der Waals surface area contributed by atoms with E-state index in [9.17, 15) is 11.0 Å². The van der Waals surface area contributed by atoms with Crippen molar-refractivity contribution in [3.63, 3.8) is 0 Å². The minimum absolute atomic E-state index is 0.0512. The lowest BCUT2D eigenvalue weighted by molar-refractivity contribution is -0.571. The first-order valence-electron chi connectivity index (χ1n) is 31.7. The Bertz CT molecular complexity index is 5820. The average Bonchev–Trinajstić information content (AvgIpc) is 1.59. The summed E-state index contributed by atoms with van der Waals surface area (Å²) in [4.78, 5) is 4.92. The summed E-state index contributed by atoms with van der Waals surface area (Å²) in [5.41, 5.74) is 11.1. The van der Waals surface area contributed by atoms with Gasteiger partial charge in [0.25, 0.3) is 6.33 Å². The van der Waals surface area contributed by atoms with Crippen molar-refractivity contribution >= 4 is 76.6 Å². The van der Waals surface area contributed by atoms with Gasteiger partial charge in [0.15, 0.2) is 0 Å². The molecule has 0 N–H and O–H groups in total. The number of nitrogens with zero attached hydrogens (tertiary/aromatic N) is 5. The fourth-order valence-electron chi connectivity index (χ4n) is 12.7. The third kappa shape index (κ3) is 7.24. The molecule has 11 aromatic carbocycles. The maximum atomic E-state index is 10.1. The summed E-state index contributed by atoms with van der Waals surface area (Å²) < 4.78 is 98.8. The van der Waals surface area contributed by atoms with Crippen LogP contribution in [-0.4, -0.2) is 18.7 Å². The Morgan fingerprint density at radius 3 is 1.81 bits per heavy atom. The lowest BCUT2D eigenvalue weighted by Gasteiger charge is -2.20. The van der Waals surface area contributed by atoms with Gasteiger partial charge in [-0.1, -0.05) is 172 Å². The predicted molar refractivity (Wildman–Crippen MR) is 338 cm³/mol. The molecule has 0 radical (unpaired) electrons. The standard InChI is InChI=1S/C76H51N5O2/c1-76(2,3)49-38-39-77-73(43-49)81-67-31-14-10-26-59(67)60-36-35-52(45-69(60)81)82-51-19-16-18-50(44-51)78-46-79-74-62(28-17-32-68(74)80-65-29-12-8-24-57(65)58-25-9-13-30-66(58)80)55-22-6-4-20-53(55)54-21-5-7-23-56(54)64-41-48(42-70(78)75(64)79)47-34-37-72-63(40-47)61-27-11-15-33-71(61)83-72/h4-45H,1-3H3/i4D,5D,6D,7D,20D,21D,22D,23D. The smallest absolute Gasteiger partial charge is 0.269 e. The molecule has 392 valence electrons. The molecule has 0 amide bonds. The highest BCUT2D eigenvalue weighted by atomic mass is 16.5. The van der Waals surface area contributed by atoms with E-state index in [0.717, 1.165) is 76.9 Å². The number of hydrogen-bond donors (Lipinski definition) is 0. The third-order valence-electron chi connectivity index (χ3n) is 16.5. The molecule has 0 atom stereocenters. The number of furan rings is 1. The van der Waals surface area contributed by atoms with Crippen LogP contribution in [0, 0.1) is 6.33 Å². The van der Waals surface area contributed by atoms with Gasteiger partial charge in [-0.05, 0) is 146 Å². The van der Waals surface area contributed by atoms with Crippen LogP contribution in [0.4, 0.5) is 0 Å². The Morgan fingerprint density at radius 2 is 1.08 bits per heavy atom. The van der Waals surface area contributed by atoms with Gasteiger partial charge in [0.1, 0.15) is 28.5 Å². The van der Waals surface area contributed by atoms with Crippen LogP contribution in [0.15, 0.2) is 259 Å². The number of hydrogen-bond acceptors (Lipinski definition) is 3. The predicted octanol–water partition coefficient (Wildman–Crippen LogP) is 19.3. The van der Waals surface area contributed by atoms with Gasteiger partial charge < -0.3 is 13.7 Å². The summed E-state index contributed by atoms with van der Waals surface area (Å²) in [5.74, 6) is 1.90. The Hall–Kier alpha value is -10.8. The summed E-state index contributed by atoms with van der Waals surface area (Å²) in [7, 11) is 0. The van der Waals surface area contributed by atoms with E-state index in [-0.39, 0.29) is 39.8 Å². The molecule has 7 nitrogen and oxygen atoms in total. The second-order valence-corrected chi connectivity index (χ2v) is 22.3. The molecule has 17 rings (SSSR count). The van der Waals surface area contributed by atoms with Crippen molar-refractivity contribution in [3.05, 3.63) is 267 Å². The molecule has 16 aromatic rings. The molecular weight excluding hydrogens is 1010 g/mol. The Morgan fingerprint density at radius 1 is 0.470 bits per heavy atom. The summed E-state index contributed by atoms with van der Waals surface area (Å²) in [6, 6.07) is 62.5. The lowest BCUT2D eigenvalue weighted by Crippen LogP contribution is -2.32. The SMILES string of the molecule is [2H]c1c([2H])c([2H])c2c(c1[2H])-c1cccc(-n3c4ccccc4c4ccccc43)c1-[n+]1[c-]n(-c3cccc(Oc4ccc5c6ccccc6n(-c6cc(C(C)(C)C)ccn6)c5c4)c3)c3cc(-c4ccc5oc6ccccc6c5c4)cc(c31)-c1c([2H])c([2H])c([2H])c([2H])c1-2. The Balaban J connectivity index is 0.978. The molecular formula is C76H51N5O2. The molecule has 1 aliphatic heterocycles. The van der Waals surface area contributed by atoms with Crippen molar-refractivity contribution in [2.75, 3.05) is 0 Å². The van der Waals surface area contributed by atoms with E-state index in [1.54, 1.807) is 0 Å². The number of para-hydroxylation sites is 5. The second-order valence-electron chi connectivity index (χ2n) is 22.3. The van der Waals surface area contributed by atoms with E-state index >= 15 is 0 Å². The summed E-state index contributed by atoms with van der Waals surface area (Å²) in [6.45, 7) is 6.59. The number of pyridine rings is 1. The van der Waals surface area contributed by atoms with Gasteiger partial charge in [0.05, 0.1) is 61.1 Å². The number of fused-ring (bicyclic) bond motifs is 16. The first-order chi connectivity index (χ1) is 44.1. The molecule has 0 aliphatic carbocycles. The molecule has 0 bridgehead atoms. The maximum absolute atomic E-state index is 10.1. The number of rotatable bonds is 6. The monoisotopic (exact) mass is 1070 g/mol. The molecule has 0 saturated carbocycles. The van der Waals surface area contributed by atoms with Gasteiger partial charge in [-0.2, -0.15) is 0 Å². The van der Waals surface area contributed by atoms with Gasteiger partial charge in [-0.3, -0.25) is 13.7 Å². The summed E-state index contributed by atoms with van der Waals surface area (Å²) in [6.07, 6.45) is 5.70. The normalized spacial score (nSPS) is 13.6. The lowest BCUT2D eigenvalue weighted by atomic mass is 9.88. The van der Waals surface area contributed by atoms with Crippen molar-refractivity contribution in [2.24, 2.45) is 0 Å². The summed E-state index contributed by atoms with van der Waals surface area (Å²) >= 11 is 0. The van der Waals surface area contributed by atoms with E-state index < -0.39 is 36.3 Å². The van der Waals surface area contributed by atoms with E-state index in [0.29, 0.717) is 61.9 Å². The van der Waals surface area contributed by atoms with E-state index in [1.807, 2.05) is 143 Å². The highest BCUT2D eigenvalue weighted by Gasteiger charge is 2.29. The van der Waals surface area contributed by atoms with E-state index in [2.05, 4.69) is 109 Å². The molecule has 0 fully saturated rings. The van der Waals surface area contributed by atoms with Crippen molar-refractivity contribution in [3.8, 4) is 78.9 Å². The van der Waals surface area contributed by atoms with Crippen LogP contribution in [0.1, 0.15) is 37.3 Å². The molecule has 0 saturated heterocycles. The van der Waals surface area contributed by atoms with Crippen LogP contribution in [0.2, 0.25) is 0 Å². The molecule has 5 aromatic heterocycles. The largest absolute Gasteiger partial charge is 0.458 e. The third-order valence-corrected chi connectivity index (χ3v) is 16.5. The minimum atomic E-state index is -0.550. The number of imidazole rings is 1. The average molecular weight is 1070 g/mol. The highest BCUT2D eigenvalue weighted by molar-refractivity contribution is 6.12. The minimum Gasteiger partial charge on any atom is -0.458 e.